The zero-order valence-electron chi connectivity index (χ0n) is 11.7. The van der Waals surface area contributed by atoms with Gasteiger partial charge in [-0.2, -0.15) is 0 Å². The quantitative estimate of drug-likeness (QED) is 0.747. The third-order valence-electron chi connectivity index (χ3n) is 3.86. The molecule has 18 heavy (non-hydrogen) atoms. The number of hydrogen-bond donors (Lipinski definition) is 1. The number of aromatic nitrogens is 2. The molecule has 102 valence electrons. The summed E-state index contributed by atoms with van der Waals surface area (Å²) in [7, 11) is 0. The molecule has 0 amide bonds. The molecular weight excluding hydrogens is 224 g/mol. The molecule has 0 aliphatic carbocycles. The number of aryl methyl sites for hydroxylation is 1. The zero-order valence-corrected chi connectivity index (χ0v) is 11.7. The monoisotopic (exact) mass is 250 g/mol. The number of hydrogen-bond acceptors (Lipinski definition) is 3. The van der Waals surface area contributed by atoms with Gasteiger partial charge in [0.1, 0.15) is 5.82 Å². The smallest absolute Gasteiger partial charge is 0.105 e. The van der Waals surface area contributed by atoms with Crippen LogP contribution in [0.5, 0.6) is 0 Å². The molecule has 0 bridgehead atoms. The van der Waals surface area contributed by atoms with E-state index in [1.54, 1.807) is 0 Å². The lowest BCUT2D eigenvalue weighted by Gasteiger charge is -2.25. The van der Waals surface area contributed by atoms with Crippen LogP contribution in [0, 0.1) is 6.92 Å². The van der Waals surface area contributed by atoms with Crippen molar-refractivity contribution in [1.29, 1.82) is 0 Å². The van der Waals surface area contributed by atoms with Crippen molar-refractivity contribution in [1.82, 2.24) is 19.8 Å². The first kappa shape index (κ1) is 13.6. The standard InChI is InChI=1S/C14H26N4/c1-3-6-15-12-14-5-4-8-18(14)11-10-17-9-7-16-13(17)2/h7,9,14-15H,3-6,8,10-12H2,1-2H3. The molecule has 0 radical (unpaired) electrons. The minimum Gasteiger partial charge on any atom is -0.334 e. The number of nitrogens with zero attached hydrogens (tertiary/aromatic N) is 3. The lowest BCUT2D eigenvalue weighted by molar-refractivity contribution is 0.238. The van der Waals surface area contributed by atoms with Crippen LogP contribution in [0.3, 0.4) is 0 Å². The van der Waals surface area contributed by atoms with Crippen molar-refractivity contribution in [2.24, 2.45) is 0 Å². The summed E-state index contributed by atoms with van der Waals surface area (Å²) in [5, 5.41) is 3.55. The van der Waals surface area contributed by atoms with Crippen LogP contribution in [0.4, 0.5) is 0 Å². The summed E-state index contributed by atoms with van der Waals surface area (Å²) in [6.45, 7) is 10.1. The van der Waals surface area contributed by atoms with Gasteiger partial charge in [0.15, 0.2) is 0 Å². The highest BCUT2D eigenvalue weighted by Crippen LogP contribution is 2.16. The lowest BCUT2D eigenvalue weighted by atomic mass is 10.2. The van der Waals surface area contributed by atoms with Gasteiger partial charge < -0.3 is 9.88 Å². The second-order valence-electron chi connectivity index (χ2n) is 5.20. The molecule has 0 spiro atoms. The summed E-state index contributed by atoms with van der Waals surface area (Å²) in [4.78, 5) is 6.90. The normalized spacial score (nSPS) is 20.7. The highest BCUT2D eigenvalue weighted by molar-refractivity contribution is 4.89. The molecule has 1 aliphatic rings. The molecule has 0 aromatic carbocycles. The van der Waals surface area contributed by atoms with Gasteiger partial charge in [0.25, 0.3) is 0 Å². The largest absolute Gasteiger partial charge is 0.334 e. The second-order valence-corrected chi connectivity index (χ2v) is 5.20. The Morgan fingerprint density at radius 2 is 2.33 bits per heavy atom. The molecule has 1 atom stereocenters. The maximum Gasteiger partial charge on any atom is 0.105 e. The van der Waals surface area contributed by atoms with Crippen LogP contribution in [-0.4, -0.2) is 46.7 Å². The summed E-state index contributed by atoms with van der Waals surface area (Å²) < 4.78 is 2.24. The van der Waals surface area contributed by atoms with Crippen LogP contribution in [-0.2, 0) is 6.54 Å². The van der Waals surface area contributed by atoms with Crippen LogP contribution in [0.1, 0.15) is 32.0 Å². The SMILES string of the molecule is CCCNCC1CCCN1CCn1ccnc1C. The summed E-state index contributed by atoms with van der Waals surface area (Å²) >= 11 is 0. The Labute approximate surface area is 110 Å². The van der Waals surface area contributed by atoms with E-state index in [1.165, 1.54) is 25.8 Å². The number of rotatable bonds is 7. The minimum absolute atomic E-state index is 0.736. The van der Waals surface area contributed by atoms with Gasteiger partial charge >= 0.3 is 0 Å². The van der Waals surface area contributed by atoms with Gasteiger partial charge in [0.05, 0.1) is 0 Å². The molecule has 2 rings (SSSR count). The fourth-order valence-corrected chi connectivity index (χ4v) is 2.74. The predicted octanol–water partition coefficient (Wildman–Crippen LogP) is 1.66. The molecule has 1 aliphatic heterocycles. The Balaban J connectivity index is 1.75. The van der Waals surface area contributed by atoms with E-state index in [0.29, 0.717) is 0 Å². The van der Waals surface area contributed by atoms with Gasteiger partial charge in [-0.25, -0.2) is 4.98 Å². The average Bonchev–Trinajstić information content (AvgIpc) is 2.96. The Morgan fingerprint density at radius 1 is 1.44 bits per heavy atom. The van der Waals surface area contributed by atoms with E-state index in [0.717, 1.165) is 38.0 Å². The third-order valence-corrected chi connectivity index (χ3v) is 3.86. The van der Waals surface area contributed by atoms with E-state index in [-0.39, 0.29) is 0 Å². The van der Waals surface area contributed by atoms with Crippen LogP contribution in [0.15, 0.2) is 12.4 Å². The Morgan fingerprint density at radius 3 is 3.06 bits per heavy atom. The van der Waals surface area contributed by atoms with Crippen LogP contribution < -0.4 is 5.32 Å². The third kappa shape index (κ3) is 3.56. The molecule has 1 aromatic rings. The first-order valence-corrected chi connectivity index (χ1v) is 7.23. The van der Waals surface area contributed by atoms with Gasteiger partial charge in [-0.05, 0) is 39.3 Å². The van der Waals surface area contributed by atoms with E-state index in [9.17, 15) is 0 Å². The van der Waals surface area contributed by atoms with Crippen LogP contribution in [0.25, 0.3) is 0 Å². The van der Waals surface area contributed by atoms with Crippen LogP contribution in [0.2, 0.25) is 0 Å². The highest BCUT2D eigenvalue weighted by atomic mass is 15.2. The Hall–Kier alpha value is -0.870. The molecule has 1 unspecified atom stereocenters. The van der Waals surface area contributed by atoms with Crippen molar-refractivity contribution in [2.75, 3.05) is 26.2 Å². The Bertz CT molecular complexity index is 347. The minimum atomic E-state index is 0.736. The van der Waals surface area contributed by atoms with Gasteiger partial charge in [0.2, 0.25) is 0 Å². The predicted molar refractivity (Wildman–Crippen MR) is 74.7 cm³/mol. The molecule has 1 aromatic heterocycles. The summed E-state index contributed by atoms with van der Waals surface area (Å²) in [5.41, 5.74) is 0. The van der Waals surface area contributed by atoms with Gasteiger partial charge in [0, 0.05) is 38.1 Å². The maximum absolute atomic E-state index is 4.27. The van der Waals surface area contributed by atoms with E-state index in [2.05, 4.69) is 39.8 Å². The molecule has 1 fully saturated rings. The molecule has 1 saturated heterocycles. The summed E-state index contributed by atoms with van der Waals surface area (Å²) in [6, 6.07) is 0.736. The summed E-state index contributed by atoms with van der Waals surface area (Å²) in [6.07, 6.45) is 7.89. The number of imidazole rings is 1. The Kier molecular flexibility index (Phi) is 5.20. The molecule has 2 heterocycles. The zero-order chi connectivity index (χ0) is 12.8. The molecule has 1 N–H and O–H groups in total. The van der Waals surface area contributed by atoms with E-state index < -0.39 is 0 Å². The molecular formula is C14H26N4. The maximum atomic E-state index is 4.27. The second kappa shape index (κ2) is 6.90. The van der Waals surface area contributed by atoms with Crippen molar-refractivity contribution in [2.45, 2.75) is 45.7 Å². The van der Waals surface area contributed by atoms with Crippen LogP contribution >= 0.6 is 0 Å². The van der Waals surface area contributed by atoms with Crippen molar-refractivity contribution >= 4 is 0 Å². The first-order chi connectivity index (χ1) is 8.81. The fraction of sp³-hybridized carbons (Fsp3) is 0.786. The topological polar surface area (TPSA) is 33.1 Å². The van der Waals surface area contributed by atoms with Crippen molar-refractivity contribution < 1.29 is 0 Å². The number of likely N-dealkylation sites (tertiary alicyclic amines) is 1. The van der Waals surface area contributed by atoms with Gasteiger partial charge in [-0.1, -0.05) is 6.92 Å². The molecule has 4 nitrogen and oxygen atoms in total. The molecule has 0 saturated carbocycles. The van der Waals surface area contributed by atoms with Crippen molar-refractivity contribution in [3.8, 4) is 0 Å². The average molecular weight is 250 g/mol. The van der Waals surface area contributed by atoms with Gasteiger partial charge in [-0.3, -0.25) is 4.90 Å². The van der Waals surface area contributed by atoms with E-state index in [1.807, 2.05) is 6.20 Å². The van der Waals surface area contributed by atoms with Gasteiger partial charge in [-0.15, -0.1) is 0 Å². The van der Waals surface area contributed by atoms with Crippen molar-refractivity contribution in [3.63, 3.8) is 0 Å². The first-order valence-electron chi connectivity index (χ1n) is 7.23. The molecule has 4 heteroatoms. The fourth-order valence-electron chi connectivity index (χ4n) is 2.74. The lowest BCUT2D eigenvalue weighted by Crippen LogP contribution is -2.39. The summed E-state index contributed by atoms with van der Waals surface area (Å²) in [5.74, 6) is 1.12. The van der Waals surface area contributed by atoms with E-state index in [4.69, 9.17) is 0 Å². The van der Waals surface area contributed by atoms with Crippen molar-refractivity contribution in [3.05, 3.63) is 18.2 Å². The number of nitrogens with one attached hydrogen (secondary N) is 1. The highest BCUT2D eigenvalue weighted by Gasteiger charge is 2.23. The van der Waals surface area contributed by atoms with E-state index >= 15 is 0 Å².